The first kappa shape index (κ1) is 46.4. The minimum atomic E-state index is -1.54. The van der Waals surface area contributed by atoms with E-state index in [9.17, 15) is 10.2 Å². The molecule has 0 spiro atoms. The van der Waals surface area contributed by atoms with Crippen LogP contribution < -0.4 is 0 Å². The normalized spacial score (nSPS) is 25.6. The van der Waals surface area contributed by atoms with Crippen molar-refractivity contribution in [2.75, 3.05) is 13.2 Å². The van der Waals surface area contributed by atoms with Gasteiger partial charge in [-0.15, -0.1) is 0 Å². The fourth-order valence-corrected chi connectivity index (χ4v) is 8.05. The van der Waals surface area contributed by atoms with Gasteiger partial charge >= 0.3 is 0 Å². The summed E-state index contributed by atoms with van der Waals surface area (Å²) < 4.78 is 59.0. The molecule has 0 aromatic heterocycles. The zero-order valence-corrected chi connectivity index (χ0v) is 36.3. The lowest BCUT2D eigenvalue weighted by atomic mass is 9.96. The second-order valence-corrected chi connectivity index (χ2v) is 16.2. The molecule has 0 radical (unpaired) electrons. The van der Waals surface area contributed by atoms with E-state index in [0.717, 1.165) is 33.4 Å². The van der Waals surface area contributed by atoms with Crippen molar-refractivity contribution in [1.29, 1.82) is 0 Å². The summed E-state index contributed by atoms with van der Waals surface area (Å²) in [6.45, 7) is 1.60. The van der Waals surface area contributed by atoms with Crippen LogP contribution in [0.25, 0.3) is 0 Å². The lowest BCUT2D eigenvalue weighted by Gasteiger charge is -2.48. The Morgan fingerprint density at radius 3 is 1.03 bits per heavy atom. The van der Waals surface area contributed by atoms with Crippen molar-refractivity contribution in [2.45, 2.75) is 101 Å². The van der Waals surface area contributed by atoms with Crippen LogP contribution in [0.1, 0.15) is 33.4 Å². The van der Waals surface area contributed by atoms with E-state index in [1.807, 2.05) is 182 Å². The molecule has 6 aromatic carbocycles. The highest BCUT2D eigenvalue weighted by atomic mass is 16.7. The highest BCUT2D eigenvalue weighted by Gasteiger charge is 2.53. The van der Waals surface area contributed by atoms with Gasteiger partial charge in [-0.05, 0) is 33.4 Å². The summed E-state index contributed by atoms with van der Waals surface area (Å²) in [5.74, 6) is 0. The summed E-state index contributed by atoms with van der Waals surface area (Å²) in [5.41, 5.74) is 5.67. The quantitative estimate of drug-likeness (QED) is 0.0691. The molecule has 6 aromatic rings. The zero-order chi connectivity index (χ0) is 44.5. The van der Waals surface area contributed by atoms with Gasteiger partial charge in [0.25, 0.3) is 0 Å². The fourth-order valence-electron chi connectivity index (χ4n) is 8.05. The average Bonchev–Trinajstić information content (AvgIpc) is 3.35. The van der Waals surface area contributed by atoms with Gasteiger partial charge in [-0.3, -0.25) is 0 Å². The van der Waals surface area contributed by atoms with Gasteiger partial charge in [0.15, 0.2) is 12.6 Å². The van der Waals surface area contributed by atoms with E-state index < -0.39 is 61.4 Å². The molecule has 2 aliphatic heterocycles. The molecule has 2 aliphatic rings. The third-order valence-corrected chi connectivity index (χ3v) is 11.4. The monoisotopic (exact) mass is 882 g/mol. The Morgan fingerprint density at radius 2 is 0.646 bits per heavy atom. The summed E-state index contributed by atoms with van der Waals surface area (Å²) in [6.07, 6.45) is -10.6. The Balaban J connectivity index is 1.09. The van der Waals surface area contributed by atoms with Crippen LogP contribution in [0.5, 0.6) is 0 Å². The van der Waals surface area contributed by atoms with Crippen molar-refractivity contribution in [3.8, 4) is 0 Å². The van der Waals surface area contributed by atoms with Crippen molar-refractivity contribution in [1.82, 2.24) is 0 Å². The van der Waals surface area contributed by atoms with Crippen LogP contribution >= 0.6 is 0 Å². The molecule has 8 rings (SSSR count). The summed E-state index contributed by atoms with van der Waals surface area (Å²) in [5, 5.41) is 24.4. The second-order valence-electron chi connectivity index (χ2n) is 16.2. The first-order valence-corrected chi connectivity index (χ1v) is 22.3. The molecule has 0 bridgehead atoms. The van der Waals surface area contributed by atoms with Crippen LogP contribution in [-0.4, -0.2) is 84.8 Å². The van der Waals surface area contributed by atoms with Gasteiger partial charge in [-0.1, -0.05) is 182 Å². The average molecular weight is 883 g/mol. The molecule has 11 heteroatoms. The van der Waals surface area contributed by atoms with Gasteiger partial charge in [0.05, 0.1) is 52.9 Å². The Labute approximate surface area is 381 Å². The van der Waals surface area contributed by atoms with Gasteiger partial charge in [-0.25, -0.2) is 0 Å². The molecule has 0 amide bonds. The fraction of sp³-hybridized carbons (Fsp3) is 0.333. The number of aliphatic hydroxyl groups excluding tert-OH is 2. The number of hydrogen-bond donors (Lipinski definition) is 2. The molecule has 0 saturated carbocycles. The molecule has 340 valence electrons. The second kappa shape index (κ2) is 24.4. The lowest BCUT2D eigenvalue weighted by molar-refractivity contribution is -0.375. The van der Waals surface area contributed by atoms with Gasteiger partial charge in [0, 0.05) is 0 Å². The summed E-state index contributed by atoms with van der Waals surface area (Å²) in [7, 11) is 0. The molecule has 2 fully saturated rings. The number of benzene rings is 6. The number of aliphatic hydroxyl groups is 2. The molecule has 0 unspecified atom stereocenters. The van der Waals surface area contributed by atoms with E-state index in [2.05, 4.69) is 0 Å². The van der Waals surface area contributed by atoms with E-state index in [1.54, 1.807) is 0 Å². The molecule has 11 nitrogen and oxygen atoms in total. The van der Waals surface area contributed by atoms with E-state index in [-0.39, 0.29) is 39.6 Å². The van der Waals surface area contributed by atoms with E-state index in [0.29, 0.717) is 13.2 Å². The maximum Gasteiger partial charge on any atom is 0.187 e. The van der Waals surface area contributed by atoms with Crippen LogP contribution in [0.15, 0.2) is 182 Å². The van der Waals surface area contributed by atoms with Crippen LogP contribution in [0.3, 0.4) is 0 Å². The number of ether oxygens (including phenoxy) is 9. The Bertz CT molecular complexity index is 2210. The summed E-state index contributed by atoms with van der Waals surface area (Å²) >= 11 is 0. The maximum absolute atomic E-state index is 12.4. The SMILES string of the molecule is O[C@H]1[C@H](O[C@@H]2[C@@H](OCc3ccccc3)[C@H](OCc3ccccc3)[C@@H](COCc3ccccc3)O[C@@H]2O)O[C@H](COCc2ccccc2)[C@H](OCc2ccccc2)[C@@H]1OCc1ccccc1. The predicted octanol–water partition coefficient (Wildman–Crippen LogP) is 7.95. The summed E-state index contributed by atoms with van der Waals surface area (Å²) in [4.78, 5) is 0. The standard InChI is InChI=1S/C54H58O11/c55-47-50(61-35-43-27-15-5-16-28-43)48(59-33-41-23-11-3-12-24-41)46(38-58-32-40-21-9-2-10-22-40)64-54(47)65-52-51(62-36-44-29-17-6-18-30-44)49(60-34-42-25-13-4-14-26-42)45(63-53(52)56)37-57-31-39-19-7-1-8-20-39/h1-30,45-56H,31-38H2/t45-,46-,47-,48+,49-,50-,51+,52-,53+,54+/m1/s1. The molecule has 0 aliphatic carbocycles. The highest BCUT2D eigenvalue weighted by molar-refractivity contribution is 5.18. The number of rotatable bonds is 22. The molecule has 2 saturated heterocycles. The maximum atomic E-state index is 12.4. The van der Waals surface area contributed by atoms with Crippen molar-refractivity contribution in [2.24, 2.45) is 0 Å². The number of hydrogen-bond acceptors (Lipinski definition) is 11. The third kappa shape index (κ3) is 13.5. The van der Waals surface area contributed by atoms with Crippen molar-refractivity contribution in [3.05, 3.63) is 215 Å². The van der Waals surface area contributed by atoms with Crippen molar-refractivity contribution >= 4 is 0 Å². The van der Waals surface area contributed by atoms with Gasteiger partial charge in [-0.2, -0.15) is 0 Å². The van der Waals surface area contributed by atoms with Gasteiger partial charge < -0.3 is 52.8 Å². The van der Waals surface area contributed by atoms with Crippen LogP contribution in [0, 0.1) is 0 Å². The smallest absolute Gasteiger partial charge is 0.187 e. The molecule has 10 atom stereocenters. The van der Waals surface area contributed by atoms with Crippen molar-refractivity contribution in [3.63, 3.8) is 0 Å². The lowest BCUT2D eigenvalue weighted by Crippen LogP contribution is -2.65. The van der Waals surface area contributed by atoms with Crippen LogP contribution in [0.4, 0.5) is 0 Å². The molecular weight excluding hydrogens is 825 g/mol. The predicted molar refractivity (Wildman–Crippen MR) is 243 cm³/mol. The summed E-state index contributed by atoms with van der Waals surface area (Å²) in [6, 6.07) is 58.7. The molecular formula is C54H58O11. The van der Waals surface area contributed by atoms with E-state index in [1.165, 1.54) is 0 Å². The molecule has 65 heavy (non-hydrogen) atoms. The molecule has 2 heterocycles. The Hall–Kier alpha value is -5.12. The zero-order valence-electron chi connectivity index (χ0n) is 36.3. The van der Waals surface area contributed by atoms with Gasteiger partial charge in [0.2, 0.25) is 0 Å². The first-order valence-electron chi connectivity index (χ1n) is 22.3. The highest BCUT2D eigenvalue weighted by Crippen LogP contribution is 2.35. The Kier molecular flexibility index (Phi) is 17.4. The molecule has 2 N–H and O–H groups in total. The van der Waals surface area contributed by atoms with E-state index in [4.69, 9.17) is 42.6 Å². The topological polar surface area (TPSA) is 124 Å². The minimum Gasteiger partial charge on any atom is -0.385 e. The first-order chi connectivity index (χ1) is 32.1. The third-order valence-electron chi connectivity index (χ3n) is 11.4. The largest absolute Gasteiger partial charge is 0.385 e. The van der Waals surface area contributed by atoms with Gasteiger partial charge in [0.1, 0.15) is 48.8 Å². The Morgan fingerprint density at radius 1 is 0.338 bits per heavy atom. The minimum absolute atomic E-state index is 0.0768. The van der Waals surface area contributed by atoms with E-state index >= 15 is 0 Å². The van der Waals surface area contributed by atoms with Crippen LogP contribution in [-0.2, 0) is 82.3 Å². The van der Waals surface area contributed by atoms with Crippen LogP contribution in [0.2, 0.25) is 0 Å². The van der Waals surface area contributed by atoms with Crippen molar-refractivity contribution < 1.29 is 52.8 Å².